The molecule has 6 nitrogen and oxygen atoms in total. The Balaban J connectivity index is 1.62. The van der Waals surface area contributed by atoms with Gasteiger partial charge in [0.1, 0.15) is 0 Å². The van der Waals surface area contributed by atoms with Gasteiger partial charge >= 0.3 is 0 Å². The van der Waals surface area contributed by atoms with E-state index in [0.717, 1.165) is 70.7 Å². The molecule has 2 aliphatic rings. The fourth-order valence-corrected chi connectivity index (χ4v) is 4.47. The van der Waals surface area contributed by atoms with Gasteiger partial charge in [0, 0.05) is 52.6 Å². The summed E-state index contributed by atoms with van der Waals surface area (Å²) in [6, 6.07) is 0.610. The molecule has 0 spiro atoms. The summed E-state index contributed by atoms with van der Waals surface area (Å²) in [5.41, 5.74) is 0. The number of likely N-dealkylation sites (tertiary alicyclic amines) is 1. The average Bonchev–Trinajstić information content (AvgIpc) is 3.27. The van der Waals surface area contributed by atoms with Crippen molar-refractivity contribution in [3.8, 4) is 0 Å². The zero-order chi connectivity index (χ0) is 20.0. The van der Waals surface area contributed by atoms with Crippen molar-refractivity contribution < 1.29 is 9.47 Å². The number of guanidine groups is 1. The second-order valence-electron chi connectivity index (χ2n) is 8.25. The van der Waals surface area contributed by atoms with Crippen LogP contribution in [0, 0.1) is 11.8 Å². The van der Waals surface area contributed by atoms with Crippen LogP contribution in [0.5, 0.6) is 0 Å². The predicted octanol–water partition coefficient (Wildman–Crippen LogP) is 2.89. The minimum atomic E-state index is 0.610. The predicted molar refractivity (Wildman–Crippen MR) is 117 cm³/mol. The van der Waals surface area contributed by atoms with E-state index in [9.17, 15) is 0 Å². The van der Waals surface area contributed by atoms with Gasteiger partial charge in [0.15, 0.2) is 5.96 Å². The summed E-state index contributed by atoms with van der Waals surface area (Å²) in [7, 11) is 1.86. The molecular formula is C22H44N4O2. The van der Waals surface area contributed by atoms with Crippen LogP contribution in [0.25, 0.3) is 0 Å². The van der Waals surface area contributed by atoms with Crippen LogP contribution in [0.2, 0.25) is 0 Å². The Morgan fingerprint density at radius 2 is 1.86 bits per heavy atom. The molecule has 0 amide bonds. The van der Waals surface area contributed by atoms with Gasteiger partial charge in [-0.05, 0) is 57.0 Å². The fraction of sp³-hybridized carbons (Fsp3) is 0.955. The smallest absolute Gasteiger partial charge is 0.191 e. The van der Waals surface area contributed by atoms with Crippen LogP contribution in [-0.4, -0.2) is 76.6 Å². The van der Waals surface area contributed by atoms with E-state index in [2.05, 4.69) is 34.4 Å². The summed E-state index contributed by atoms with van der Waals surface area (Å²) in [6.45, 7) is 12.5. The first-order valence-corrected chi connectivity index (χ1v) is 11.6. The molecule has 0 aromatic heterocycles. The molecule has 2 rings (SSSR count). The van der Waals surface area contributed by atoms with Gasteiger partial charge in [-0.25, -0.2) is 0 Å². The Hall–Kier alpha value is -0.850. The first kappa shape index (κ1) is 23.4. The lowest BCUT2D eigenvalue weighted by Gasteiger charge is -2.34. The Bertz CT molecular complexity index is 415. The van der Waals surface area contributed by atoms with E-state index in [1.807, 2.05) is 7.05 Å². The van der Waals surface area contributed by atoms with Gasteiger partial charge in [-0.3, -0.25) is 9.89 Å². The molecule has 2 saturated heterocycles. The maximum atomic E-state index is 5.85. The van der Waals surface area contributed by atoms with Gasteiger partial charge in [0.2, 0.25) is 0 Å². The lowest BCUT2D eigenvalue weighted by Crippen LogP contribution is -2.49. The molecule has 2 fully saturated rings. The number of ether oxygens (including phenoxy) is 2. The second kappa shape index (κ2) is 14.2. The topological polar surface area (TPSA) is 58.1 Å². The highest BCUT2D eigenvalue weighted by atomic mass is 16.5. The first-order chi connectivity index (χ1) is 13.8. The highest BCUT2D eigenvalue weighted by Crippen LogP contribution is 2.22. The summed E-state index contributed by atoms with van der Waals surface area (Å²) in [4.78, 5) is 7.09. The number of nitrogens with zero attached hydrogens (tertiary/aromatic N) is 2. The Labute approximate surface area is 172 Å². The molecule has 0 aromatic rings. The zero-order valence-electron chi connectivity index (χ0n) is 18.5. The van der Waals surface area contributed by atoms with E-state index in [1.54, 1.807) is 0 Å². The molecule has 0 radical (unpaired) electrons. The number of hydrogen-bond donors (Lipinski definition) is 2. The first-order valence-electron chi connectivity index (χ1n) is 11.6. The third kappa shape index (κ3) is 8.26. The van der Waals surface area contributed by atoms with Gasteiger partial charge in [0.05, 0.1) is 0 Å². The van der Waals surface area contributed by atoms with Crippen molar-refractivity contribution in [3.05, 3.63) is 0 Å². The Morgan fingerprint density at radius 1 is 1.14 bits per heavy atom. The molecule has 1 unspecified atom stereocenters. The van der Waals surface area contributed by atoms with Crippen LogP contribution in [0.4, 0.5) is 0 Å². The molecule has 28 heavy (non-hydrogen) atoms. The van der Waals surface area contributed by atoms with E-state index < -0.39 is 0 Å². The number of rotatable bonds is 12. The second-order valence-corrected chi connectivity index (χ2v) is 8.25. The molecular weight excluding hydrogens is 352 g/mol. The monoisotopic (exact) mass is 396 g/mol. The molecule has 6 heteroatoms. The van der Waals surface area contributed by atoms with E-state index in [0.29, 0.717) is 12.0 Å². The molecule has 2 aliphatic heterocycles. The number of nitrogens with one attached hydrogen (secondary N) is 2. The largest absolute Gasteiger partial charge is 0.381 e. The maximum absolute atomic E-state index is 5.85. The molecule has 164 valence electrons. The fourth-order valence-electron chi connectivity index (χ4n) is 4.47. The highest BCUT2D eigenvalue weighted by molar-refractivity contribution is 5.79. The lowest BCUT2D eigenvalue weighted by atomic mass is 9.93. The summed E-state index contributed by atoms with van der Waals surface area (Å²) in [6.07, 6.45) is 8.47. The Morgan fingerprint density at radius 3 is 2.50 bits per heavy atom. The normalized spacial score (nSPS) is 20.6. The third-order valence-electron chi connectivity index (χ3n) is 6.36. The van der Waals surface area contributed by atoms with E-state index in [4.69, 9.17) is 9.47 Å². The van der Waals surface area contributed by atoms with E-state index >= 15 is 0 Å². The molecule has 0 aromatic carbocycles. The summed E-state index contributed by atoms with van der Waals surface area (Å²) in [5.74, 6) is 2.35. The SMILES string of the molecule is CCC(CC)C(CNC(=NC)NCCCOCC1CCOCC1)N1CCCC1. The van der Waals surface area contributed by atoms with Gasteiger partial charge in [-0.1, -0.05) is 26.7 Å². The average molecular weight is 397 g/mol. The third-order valence-corrected chi connectivity index (χ3v) is 6.36. The molecule has 2 N–H and O–H groups in total. The van der Waals surface area contributed by atoms with Crippen molar-refractivity contribution in [3.63, 3.8) is 0 Å². The quantitative estimate of drug-likeness (QED) is 0.302. The zero-order valence-corrected chi connectivity index (χ0v) is 18.5. The standard InChI is InChI=1S/C22H44N4O2/c1-4-20(5-2)21(26-12-6-7-13-26)17-25-22(23-3)24-11-8-14-28-18-19-9-15-27-16-10-19/h19-21H,4-18H2,1-3H3,(H2,23,24,25). The van der Waals surface area contributed by atoms with E-state index in [-0.39, 0.29) is 0 Å². The van der Waals surface area contributed by atoms with Crippen molar-refractivity contribution in [2.75, 3.05) is 59.7 Å². The van der Waals surface area contributed by atoms with Crippen LogP contribution in [0.15, 0.2) is 4.99 Å². The maximum Gasteiger partial charge on any atom is 0.191 e. The van der Waals surface area contributed by atoms with Crippen LogP contribution in [-0.2, 0) is 9.47 Å². The van der Waals surface area contributed by atoms with Crippen molar-refractivity contribution in [2.24, 2.45) is 16.8 Å². The molecule has 0 aliphatic carbocycles. The van der Waals surface area contributed by atoms with Crippen molar-refractivity contribution >= 4 is 5.96 Å². The van der Waals surface area contributed by atoms with Gasteiger partial charge in [0.25, 0.3) is 0 Å². The van der Waals surface area contributed by atoms with Gasteiger partial charge in [-0.15, -0.1) is 0 Å². The molecule has 1 atom stereocenters. The molecule has 0 saturated carbocycles. The van der Waals surface area contributed by atoms with Crippen molar-refractivity contribution in [1.82, 2.24) is 15.5 Å². The minimum Gasteiger partial charge on any atom is -0.381 e. The number of hydrogen-bond acceptors (Lipinski definition) is 4. The minimum absolute atomic E-state index is 0.610. The van der Waals surface area contributed by atoms with Gasteiger partial charge < -0.3 is 20.1 Å². The lowest BCUT2D eigenvalue weighted by molar-refractivity contribution is 0.0203. The van der Waals surface area contributed by atoms with Crippen molar-refractivity contribution in [1.29, 1.82) is 0 Å². The van der Waals surface area contributed by atoms with Crippen LogP contribution >= 0.6 is 0 Å². The Kier molecular flexibility index (Phi) is 11.9. The molecule has 2 heterocycles. The van der Waals surface area contributed by atoms with Crippen LogP contribution < -0.4 is 10.6 Å². The summed E-state index contributed by atoms with van der Waals surface area (Å²) >= 11 is 0. The molecule has 0 bridgehead atoms. The summed E-state index contributed by atoms with van der Waals surface area (Å²) < 4.78 is 11.2. The van der Waals surface area contributed by atoms with E-state index in [1.165, 1.54) is 38.8 Å². The number of aliphatic imine (C=N–C) groups is 1. The highest BCUT2D eigenvalue weighted by Gasteiger charge is 2.27. The van der Waals surface area contributed by atoms with Crippen molar-refractivity contribution in [2.45, 2.75) is 64.8 Å². The van der Waals surface area contributed by atoms with Gasteiger partial charge in [-0.2, -0.15) is 0 Å². The summed E-state index contributed by atoms with van der Waals surface area (Å²) in [5, 5.41) is 7.03. The van der Waals surface area contributed by atoms with Crippen LogP contribution in [0.3, 0.4) is 0 Å². The van der Waals surface area contributed by atoms with Crippen LogP contribution in [0.1, 0.15) is 58.8 Å².